The molecule has 0 saturated carbocycles. The predicted molar refractivity (Wildman–Crippen MR) is 78.9 cm³/mol. The quantitative estimate of drug-likeness (QED) is 0.906. The molecule has 1 aromatic carbocycles. The van der Waals surface area contributed by atoms with Gasteiger partial charge in [0.2, 0.25) is 0 Å². The number of hydrogen-bond donors (Lipinski definition) is 1. The second-order valence-electron chi connectivity index (χ2n) is 4.93. The molecule has 1 aliphatic carbocycles. The zero-order chi connectivity index (χ0) is 13.5. The molecule has 2 aromatic rings. The van der Waals surface area contributed by atoms with Crippen LogP contribution in [0.15, 0.2) is 40.2 Å². The predicted octanol–water partition coefficient (Wildman–Crippen LogP) is 3.85. The SMILES string of the molecule is N#CC1(C(O)c2sccc2Br)Cc2ccccc2C1. The van der Waals surface area contributed by atoms with Crippen molar-refractivity contribution in [3.05, 3.63) is 56.2 Å². The van der Waals surface area contributed by atoms with E-state index in [4.69, 9.17) is 0 Å². The van der Waals surface area contributed by atoms with Crippen molar-refractivity contribution in [3.8, 4) is 6.07 Å². The molecule has 3 rings (SSSR count). The van der Waals surface area contributed by atoms with E-state index in [-0.39, 0.29) is 0 Å². The monoisotopic (exact) mass is 333 g/mol. The molecule has 0 spiro atoms. The second kappa shape index (κ2) is 4.75. The van der Waals surface area contributed by atoms with Crippen LogP contribution in [0.2, 0.25) is 0 Å². The van der Waals surface area contributed by atoms with E-state index in [2.05, 4.69) is 22.0 Å². The van der Waals surface area contributed by atoms with Gasteiger partial charge in [-0.3, -0.25) is 0 Å². The summed E-state index contributed by atoms with van der Waals surface area (Å²) >= 11 is 4.93. The number of halogens is 1. The Kier molecular flexibility index (Phi) is 3.22. The molecular formula is C15H12BrNOS. The number of nitriles is 1. The maximum atomic E-state index is 10.7. The summed E-state index contributed by atoms with van der Waals surface area (Å²) in [4.78, 5) is 0.842. The number of thiophene rings is 1. The Morgan fingerprint density at radius 2 is 1.89 bits per heavy atom. The fourth-order valence-electron chi connectivity index (χ4n) is 2.73. The number of benzene rings is 1. The zero-order valence-electron chi connectivity index (χ0n) is 10.1. The van der Waals surface area contributed by atoms with Crippen LogP contribution in [-0.2, 0) is 12.8 Å². The van der Waals surface area contributed by atoms with Gasteiger partial charge in [-0.15, -0.1) is 11.3 Å². The zero-order valence-corrected chi connectivity index (χ0v) is 12.5. The topological polar surface area (TPSA) is 44.0 Å². The normalized spacial score (nSPS) is 17.7. The third-order valence-corrected chi connectivity index (χ3v) is 5.69. The highest BCUT2D eigenvalue weighted by atomic mass is 79.9. The molecule has 0 saturated heterocycles. The lowest BCUT2D eigenvalue weighted by atomic mass is 9.80. The van der Waals surface area contributed by atoms with Gasteiger partial charge in [-0.05, 0) is 51.3 Å². The van der Waals surface area contributed by atoms with Gasteiger partial charge in [0.25, 0.3) is 0 Å². The smallest absolute Gasteiger partial charge is 0.109 e. The Bertz CT molecular complexity index is 633. The Balaban J connectivity index is 2.00. The first kappa shape index (κ1) is 12.9. The van der Waals surface area contributed by atoms with Gasteiger partial charge in [0.15, 0.2) is 0 Å². The second-order valence-corrected chi connectivity index (χ2v) is 6.73. The van der Waals surface area contributed by atoms with Crippen molar-refractivity contribution in [1.82, 2.24) is 0 Å². The maximum absolute atomic E-state index is 10.7. The van der Waals surface area contributed by atoms with Gasteiger partial charge in [-0.1, -0.05) is 24.3 Å². The number of fused-ring (bicyclic) bond motifs is 1. The van der Waals surface area contributed by atoms with Crippen molar-refractivity contribution in [1.29, 1.82) is 5.26 Å². The number of aliphatic hydroxyl groups excluding tert-OH is 1. The third-order valence-electron chi connectivity index (χ3n) is 3.77. The van der Waals surface area contributed by atoms with Crippen molar-refractivity contribution < 1.29 is 5.11 Å². The fourth-order valence-corrected chi connectivity index (χ4v) is 4.42. The summed E-state index contributed by atoms with van der Waals surface area (Å²) in [7, 11) is 0. The number of rotatable bonds is 2. The first-order chi connectivity index (χ1) is 9.16. The van der Waals surface area contributed by atoms with Crippen LogP contribution in [0.4, 0.5) is 0 Å². The summed E-state index contributed by atoms with van der Waals surface area (Å²) in [6, 6.07) is 12.4. The van der Waals surface area contributed by atoms with E-state index in [0.29, 0.717) is 12.8 Å². The van der Waals surface area contributed by atoms with Gasteiger partial charge in [-0.2, -0.15) is 5.26 Å². The molecule has 0 amide bonds. The number of aliphatic hydroxyl groups is 1. The molecule has 1 aromatic heterocycles. The largest absolute Gasteiger partial charge is 0.386 e. The molecular weight excluding hydrogens is 322 g/mol. The molecule has 4 heteroatoms. The van der Waals surface area contributed by atoms with E-state index in [1.54, 1.807) is 0 Å². The van der Waals surface area contributed by atoms with Crippen LogP contribution in [0.1, 0.15) is 22.1 Å². The Morgan fingerprint density at radius 3 is 2.37 bits per heavy atom. The van der Waals surface area contributed by atoms with Gasteiger partial charge >= 0.3 is 0 Å². The highest BCUT2D eigenvalue weighted by molar-refractivity contribution is 9.10. The lowest BCUT2D eigenvalue weighted by molar-refractivity contribution is 0.0720. The molecule has 1 N–H and O–H groups in total. The third kappa shape index (κ3) is 2.02. The standard InChI is InChI=1S/C15H12BrNOS/c16-12-5-6-19-13(12)14(18)15(9-17)7-10-3-1-2-4-11(10)8-15/h1-6,14,18H,7-8H2. The molecule has 1 aliphatic rings. The summed E-state index contributed by atoms with van der Waals surface area (Å²) in [5, 5.41) is 22.2. The van der Waals surface area contributed by atoms with Gasteiger partial charge in [-0.25, -0.2) is 0 Å². The molecule has 0 aliphatic heterocycles. The summed E-state index contributed by atoms with van der Waals surface area (Å²) in [5.74, 6) is 0. The highest BCUT2D eigenvalue weighted by Crippen LogP contribution is 2.48. The van der Waals surface area contributed by atoms with E-state index >= 15 is 0 Å². The molecule has 2 nitrogen and oxygen atoms in total. The van der Waals surface area contributed by atoms with Crippen LogP contribution in [-0.4, -0.2) is 5.11 Å². The van der Waals surface area contributed by atoms with Crippen molar-refractivity contribution >= 4 is 27.3 Å². The molecule has 96 valence electrons. The van der Waals surface area contributed by atoms with E-state index < -0.39 is 11.5 Å². The molecule has 0 bridgehead atoms. The van der Waals surface area contributed by atoms with E-state index in [9.17, 15) is 10.4 Å². The minimum Gasteiger partial charge on any atom is -0.386 e. The van der Waals surface area contributed by atoms with Gasteiger partial charge in [0, 0.05) is 9.35 Å². The van der Waals surface area contributed by atoms with Crippen LogP contribution in [0, 0.1) is 16.7 Å². The Labute approximate surface area is 124 Å². The van der Waals surface area contributed by atoms with Crippen molar-refractivity contribution in [3.63, 3.8) is 0 Å². The van der Waals surface area contributed by atoms with Crippen LogP contribution in [0.25, 0.3) is 0 Å². The van der Waals surface area contributed by atoms with Crippen LogP contribution in [0.5, 0.6) is 0 Å². The van der Waals surface area contributed by atoms with E-state index in [1.165, 1.54) is 22.5 Å². The van der Waals surface area contributed by atoms with Crippen LogP contribution < -0.4 is 0 Å². The lowest BCUT2D eigenvalue weighted by Gasteiger charge is -2.26. The summed E-state index contributed by atoms with van der Waals surface area (Å²) < 4.78 is 0.885. The molecule has 1 heterocycles. The summed E-state index contributed by atoms with van der Waals surface area (Å²) in [6.45, 7) is 0. The molecule has 19 heavy (non-hydrogen) atoms. The Morgan fingerprint density at radius 1 is 1.26 bits per heavy atom. The first-order valence-corrected chi connectivity index (χ1v) is 7.72. The van der Waals surface area contributed by atoms with Crippen molar-refractivity contribution in [2.45, 2.75) is 18.9 Å². The van der Waals surface area contributed by atoms with Crippen LogP contribution >= 0.6 is 27.3 Å². The van der Waals surface area contributed by atoms with Crippen LogP contribution in [0.3, 0.4) is 0 Å². The average molecular weight is 334 g/mol. The highest BCUT2D eigenvalue weighted by Gasteiger charge is 2.45. The molecule has 1 unspecified atom stereocenters. The number of hydrogen-bond acceptors (Lipinski definition) is 3. The van der Waals surface area contributed by atoms with Crippen molar-refractivity contribution in [2.75, 3.05) is 0 Å². The summed E-state index contributed by atoms with van der Waals surface area (Å²) in [5.41, 5.74) is 1.61. The van der Waals surface area contributed by atoms with Gasteiger partial charge in [0.1, 0.15) is 6.10 Å². The Hall–Kier alpha value is -1.15. The van der Waals surface area contributed by atoms with Crippen molar-refractivity contribution in [2.24, 2.45) is 5.41 Å². The van der Waals surface area contributed by atoms with E-state index in [0.717, 1.165) is 9.35 Å². The van der Waals surface area contributed by atoms with Gasteiger partial charge < -0.3 is 5.11 Å². The summed E-state index contributed by atoms with van der Waals surface area (Å²) in [6.07, 6.45) is 0.482. The lowest BCUT2D eigenvalue weighted by Crippen LogP contribution is -2.27. The first-order valence-electron chi connectivity index (χ1n) is 6.05. The van der Waals surface area contributed by atoms with E-state index in [1.807, 2.05) is 35.7 Å². The minimum absolute atomic E-state index is 0.616. The molecule has 0 fully saturated rings. The maximum Gasteiger partial charge on any atom is 0.109 e. The molecule has 0 radical (unpaired) electrons. The molecule has 1 atom stereocenters. The van der Waals surface area contributed by atoms with Gasteiger partial charge in [0.05, 0.1) is 11.5 Å². The number of nitrogens with zero attached hydrogens (tertiary/aromatic N) is 1. The fraction of sp³-hybridized carbons (Fsp3) is 0.267. The minimum atomic E-state index is -0.751. The average Bonchev–Trinajstić information content (AvgIpc) is 3.01.